The predicted octanol–water partition coefficient (Wildman–Crippen LogP) is 1.47. The average molecular weight is 404 g/mol. The molecule has 0 unspecified atom stereocenters. The predicted molar refractivity (Wildman–Crippen MR) is 101 cm³/mol. The first-order valence-corrected chi connectivity index (χ1v) is 8.96. The van der Waals surface area contributed by atoms with E-state index in [2.05, 4.69) is 15.1 Å². The monoisotopic (exact) mass is 404 g/mol. The van der Waals surface area contributed by atoms with E-state index in [9.17, 15) is 23.9 Å². The molecule has 2 aromatic rings. The average Bonchev–Trinajstić information content (AvgIpc) is 3.09. The number of benzene rings is 1. The lowest BCUT2D eigenvalue weighted by Crippen LogP contribution is -2.47. The minimum Gasteiger partial charge on any atom is -0.480 e. The summed E-state index contributed by atoms with van der Waals surface area (Å²) in [6.07, 6.45) is 0.949. The van der Waals surface area contributed by atoms with Crippen LogP contribution in [0, 0.1) is 5.82 Å². The Morgan fingerprint density at radius 1 is 1.41 bits per heavy atom. The van der Waals surface area contributed by atoms with Crippen LogP contribution in [0.15, 0.2) is 24.4 Å². The van der Waals surface area contributed by atoms with Crippen molar-refractivity contribution in [2.45, 2.75) is 38.3 Å². The molecule has 0 spiro atoms. The molecule has 1 aromatic carbocycles. The fourth-order valence-corrected chi connectivity index (χ4v) is 2.91. The molecule has 1 heterocycles. The molecule has 154 valence electrons. The van der Waals surface area contributed by atoms with Crippen LogP contribution in [0.1, 0.15) is 25.3 Å². The highest BCUT2D eigenvalue weighted by atomic mass is 19.1. The second-order valence-electron chi connectivity index (χ2n) is 6.27. The van der Waals surface area contributed by atoms with Crippen molar-refractivity contribution < 1.29 is 33.4 Å². The van der Waals surface area contributed by atoms with Crippen molar-refractivity contribution in [1.29, 1.82) is 0 Å². The van der Waals surface area contributed by atoms with E-state index in [1.807, 2.05) is 0 Å². The van der Waals surface area contributed by atoms with Gasteiger partial charge < -0.3 is 25.7 Å². The van der Waals surface area contributed by atoms with Crippen LogP contribution in [0.3, 0.4) is 0 Å². The van der Waals surface area contributed by atoms with Gasteiger partial charge in [-0.1, -0.05) is 12.1 Å². The lowest BCUT2D eigenvalue weighted by Gasteiger charge is -2.20. The first-order valence-electron chi connectivity index (χ1n) is 8.96. The molecule has 0 bridgehead atoms. The van der Waals surface area contributed by atoms with Gasteiger partial charge in [-0.25, -0.2) is 9.18 Å². The maximum Gasteiger partial charge on any atom is 0.326 e. The number of nitrogens with one attached hydrogen (secondary N) is 2. The number of rotatable bonds is 11. The third kappa shape index (κ3) is 5.81. The zero-order chi connectivity index (χ0) is 21.4. The van der Waals surface area contributed by atoms with Gasteiger partial charge in [0, 0.05) is 31.0 Å². The van der Waals surface area contributed by atoms with E-state index in [0.717, 1.165) is 0 Å². The largest absolute Gasteiger partial charge is 0.480 e. The van der Waals surface area contributed by atoms with Crippen molar-refractivity contribution in [2.75, 3.05) is 6.61 Å². The van der Waals surface area contributed by atoms with Gasteiger partial charge in [0.05, 0.1) is 5.52 Å². The molecule has 1 amide bonds. The third-order valence-electron chi connectivity index (χ3n) is 4.31. The molecule has 10 heteroatoms. The molecule has 0 aliphatic heterocycles. The van der Waals surface area contributed by atoms with E-state index < -0.39 is 35.6 Å². The molecular formula is C19H21FN4O5. The maximum absolute atomic E-state index is 13.8. The van der Waals surface area contributed by atoms with Crippen LogP contribution in [0.5, 0.6) is 0 Å². The number of carbonyl (C=O) groups excluding carboxylic acids is 2. The summed E-state index contributed by atoms with van der Waals surface area (Å²) in [5.74, 6) is -2.96. The van der Waals surface area contributed by atoms with Gasteiger partial charge in [0.1, 0.15) is 18.0 Å². The van der Waals surface area contributed by atoms with Gasteiger partial charge in [-0.15, -0.1) is 0 Å². The highest BCUT2D eigenvalue weighted by Crippen LogP contribution is 2.22. The van der Waals surface area contributed by atoms with Crippen molar-refractivity contribution in [3.63, 3.8) is 0 Å². The molecule has 0 saturated heterocycles. The summed E-state index contributed by atoms with van der Waals surface area (Å²) in [6.45, 7) is 1.90. The van der Waals surface area contributed by atoms with Gasteiger partial charge in [-0.2, -0.15) is 4.79 Å². The summed E-state index contributed by atoms with van der Waals surface area (Å²) in [5, 5.41) is 12.3. The number of hydrogen-bond acceptors (Lipinski definition) is 4. The molecule has 29 heavy (non-hydrogen) atoms. The summed E-state index contributed by atoms with van der Waals surface area (Å²) in [4.78, 5) is 40.8. The number of carboxylic acids is 1. The Kier molecular flexibility index (Phi) is 7.76. The van der Waals surface area contributed by atoms with Crippen LogP contribution in [-0.4, -0.2) is 57.5 Å². The number of halogens is 1. The van der Waals surface area contributed by atoms with Crippen molar-refractivity contribution in [3.8, 4) is 0 Å². The number of carbonyl (C=O) groups is 3. The number of aromatic amines is 1. The number of H-pyrrole nitrogens is 1. The number of fused-ring (bicyclic) bond motifs is 1. The van der Waals surface area contributed by atoms with Gasteiger partial charge in [0.25, 0.3) is 0 Å². The van der Waals surface area contributed by atoms with Gasteiger partial charge in [-0.3, -0.25) is 9.59 Å². The molecular weight excluding hydrogens is 383 g/mol. The number of para-hydroxylation sites is 1. The van der Waals surface area contributed by atoms with Crippen molar-refractivity contribution >= 4 is 34.8 Å². The summed E-state index contributed by atoms with van der Waals surface area (Å²) in [5.41, 5.74) is 9.28. The fourth-order valence-electron chi connectivity index (χ4n) is 2.91. The molecule has 0 saturated carbocycles. The standard InChI is InChI=1S/C19H21FN4O5/c1-2-29-16(8-11-9-22-17-13(11)4-3-5-14(17)20)18(26)24-15(19(27)28)7-6-12(25)10-23-21/h3-5,9-10,15-16,22H,2,6-8H2,1H3,(H,24,26)(H,27,28)/t15-,16-/m0/s1. The zero-order valence-electron chi connectivity index (χ0n) is 15.7. The Morgan fingerprint density at radius 3 is 2.83 bits per heavy atom. The lowest BCUT2D eigenvalue weighted by molar-refractivity contribution is -0.144. The van der Waals surface area contributed by atoms with Crippen LogP contribution in [0.2, 0.25) is 0 Å². The number of ether oxygens (including phenoxy) is 1. The second kappa shape index (κ2) is 10.3. The summed E-state index contributed by atoms with van der Waals surface area (Å²) in [6, 6.07) is 3.26. The number of ketones is 1. The molecule has 2 atom stereocenters. The Labute approximate surface area is 165 Å². The minimum absolute atomic E-state index is 0.103. The number of aromatic nitrogens is 1. The van der Waals surface area contributed by atoms with Gasteiger partial charge in [0.15, 0.2) is 0 Å². The molecule has 0 radical (unpaired) electrons. The highest BCUT2D eigenvalue weighted by Gasteiger charge is 2.27. The molecule has 9 nitrogen and oxygen atoms in total. The molecule has 0 aliphatic carbocycles. The molecule has 0 aliphatic rings. The van der Waals surface area contributed by atoms with Crippen LogP contribution in [-0.2, 0) is 25.5 Å². The smallest absolute Gasteiger partial charge is 0.326 e. The topological polar surface area (TPSA) is 145 Å². The first-order chi connectivity index (χ1) is 13.9. The van der Waals surface area contributed by atoms with Crippen molar-refractivity contribution in [3.05, 3.63) is 41.3 Å². The van der Waals surface area contributed by atoms with Crippen LogP contribution in [0.4, 0.5) is 4.39 Å². The third-order valence-corrected chi connectivity index (χ3v) is 4.31. The maximum atomic E-state index is 13.8. The van der Waals surface area contributed by atoms with E-state index in [4.69, 9.17) is 10.3 Å². The Bertz CT molecular complexity index is 951. The minimum atomic E-state index is -1.32. The Hall–Kier alpha value is -3.36. The second-order valence-corrected chi connectivity index (χ2v) is 6.27. The molecule has 0 fully saturated rings. The zero-order valence-corrected chi connectivity index (χ0v) is 15.7. The number of aliphatic carboxylic acids is 1. The van der Waals surface area contributed by atoms with Gasteiger partial charge >= 0.3 is 12.2 Å². The number of amides is 1. The quantitative estimate of drug-likeness (QED) is 0.295. The Balaban J connectivity index is 2.12. The number of nitrogens with zero attached hydrogens (tertiary/aromatic N) is 2. The summed E-state index contributed by atoms with van der Waals surface area (Å²) in [7, 11) is 0. The van der Waals surface area contributed by atoms with Crippen molar-refractivity contribution in [1.82, 2.24) is 10.3 Å². The van der Waals surface area contributed by atoms with E-state index in [-0.39, 0.29) is 25.9 Å². The van der Waals surface area contributed by atoms with Gasteiger partial charge in [-0.05, 0) is 25.0 Å². The SMILES string of the molecule is CCO[C@@H](Cc1c[nH]c2c(F)cccc12)C(=O)N[C@@H](CCC(=O)C=[N+]=[N-])C(=O)O. The van der Waals surface area contributed by atoms with E-state index in [0.29, 0.717) is 22.7 Å². The lowest BCUT2D eigenvalue weighted by atomic mass is 10.0. The van der Waals surface area contributed by atoms with Crippen LogP contribution in [0.25, 0.3) is 16.4 Å². The Morgan fingerprint density at radius 2 is 2.17 bits per heavy atom. The van der Waals surface area contributed by atoms with Crippen LogP contribution < -0.4 is 5.32 Å². The number of carboxylic acid groups (broad SMARTS) is 1. The van der Waals surface area contributed by atoms with Crippen LogP contribution >= 0.6 is 0 Å². The fraction of sp³-hybridized carbons (Fsp3) is 0.368. The van der Waals surface area contributed by atoms with E-state index in [1.165, 1.54) is 6.07 Å². The molecule has 3 N–H and O–H groups in total. The molecule has 1 aromatic heterocycles. The first kappa shape index (κ1) is 21.9. The van der Waals surface area contributed by atoms with E-state index in [1.54, 1.807) is 25.3 Å². The highest BCUT2D eigenvalue weighted by molar-refractivity contribution is 6.25. The van der Waals surface area contributed by atoms with E-state index >= 15 is 0 Å². The normalized spacial score (nSPS) is 12.8. The summed E-state index contributed by atoms with van der Waals surface area (Å²) < 4.78 is 19.3. The summed E-state index contributed by atoms with van der Waals surface area (Å²) >= 11 is 0. The number of hydrogen-bond donors (Lipinski definition) is 3. The van der Waals surface area contributed by atoms with Crippen molar-refractivity contribution in [2.24, 2.45) is 0 Å². The molecule has 2 rings (SSSR count). The number of Topliss-reactive ketones (excluding diaryl/α,β-unsaturated/α-hetero) is 1. The van der Waals surface area contributed by atoms with Gasteiger partial charge in [0.2, 0.25) is 11.7 Å².